The summed E-state index contributed by atoms with van der Waals surface area (Å²) in [5.41, 5.74) is 1.70. The minimum atomic E-state index is -0.525. The molecule has 0 spiro atoms. The fourth-order valence-electron chi connectivity index (χ4n) is 2.06. The zero-order valence-electron chi connectivity index (χ0n) is 11.6. The Labute approximate surface area is 122 Å². The van der Waals surface area contributed by atoms with Gasteiger partial charge in [-0.3, -0.25) is 15.1 Å². The van der Waals surface area contributed by atoms with Crippen molar-refractivity contribution >= 4 is 11.4 Å². The number of benzene rings is 1. The van der Waals surface area contributed by atoms with Gasteiger partial charge >= 0.3 is 0 Å². The van der Waals surface area contributed by atoms with Crippen LogP contribution in [-0.2, 0) is 6.54 Å². The van der Waals surface area contributed by atoms with Crippen molar-refractivity contribution in [3.05, 3.63) is 64.0 Å². The van der Waals surface area contributed by atoms with Crippen LogP contribution in [0.3, 0.4) is 0 Å². The predicted octanol–water partition coefficient (Wildman–Crippen LogP) is 2.89. The first-order valence-corrected chi connectivity index (χ1v) is 6.48. The molecule has 0 aliphatic heterocycles. The van der Waals surface area contributed by atoms with E-state index in [2.05, 4.69) is 4.98 Å². The molecule has 0 amide bonds. The molecule has 21 heavy (non-hydrogen) atoms. The Kier molecular flexibility index (Phi) is 4.46. The second-order valence-corrected chi connectivity index (χ2v) is 4.44. The average molecular weight is 282 g/mol. The normalized spacial score (nSPS) is 9.90. The predicted molar refractivity (Wildman–Crippen MR) is 78.8 cm³/mol. The number of nitro groups is 1. The van der Waals surface area contributed by atoms with Crippen LogP contribution in [0.4, 0.5) is 11.4 Å². The van der Waals surface area contributed by atoms with Crippen LogP contribution in [0.1, 0.15) is 18.1 Å². The summed E-state index contributed by atoms with van der Waals surface area (Å²) in [6.45, 7) is 3.30. The summed E-state index contributed by atoms with van der Waals surface area (Å²) in [5.74, 6) is 0. The highest BCUT2D eigenvalue weighted by Gasteiger charge is 2.16. The Morgan fingerprint density at radius 2 is 2.05 bits per heavy atom. The average Bonchev–Trinajstić information content (AvgIpc) is 2.53. The zero-order valence-corrected chi connectivity index (χ0v) is 11.6. The molecule has 0 saturated heterocycles. The molecule has 106 valence electrons. The van der Waals surface area contributed by atoms with Crippen LogP contribution in [0.5, 0.6) is 0 Å². The van der Waals surface area contributed by atoms with E-state index in [1.54, 1.807) is 18.5 Å². The molecule has 0 saturated carbocycles. The summed E-state index contributed by atoms with van der Waals surface area (Å²) < 4.78 is 0. The van der Waals surface area contributed by atoms with E-state index in [0.717, 1.165) is 11.3 Å². The molecule has 1 aromatic carbocycles. The van der Waals surface area contributed by atoms with Gasteiger partial charge in [0.2, 0.25) is 0 Å². The minimum absolute atomic E-state index is 0.0729. The molecule has 0 bridgehead atoms. The van der Waals surface area contributed by atoms with Crippen molar-refractivity contribution in [2.24, 2.45) is 0 Å². The first-order chi connectivity index (χ1) is 10.2. The summed E-state index contributed by atoms with van der Waals surface area (Å²) in [7, 11) is 0. The largest absolute Gasteiger partial charge is 0.367 e. The molecule has 2 aromatic rings. The van der Waals surface area contributed by atoms with E-state index < -0.39 is 4.92 Å². The van der Waals surface area contributed by atoms with Gasteiger partial charge in [0.1, 0.15) is 11.6 Å². The van der Waals surface area contributed by atoms with Gasteiger partial charge in [0.25, 0.3) is 5.69 Å². The first kappa shape index (κ1) is 14.5. The summed E-state index contributed by atoms with van der Waals surface area (Å²) in [5, 5.41) is 19.9. The second kappa shape index (κ2) is 6.48. The summed E-state index contributed by atoms with van der Waals surface area (Å²) in [6.07, 6.45) is 3.43. The molecule has 0 aliphatic rings. The number of nitrogens with zero attached hydrogens (tertiary/aromatic N) is 4. The molecule has 0 fully saturated rings. The minimum Gasteiger partial charge on any atom is -0.367 e. The van der Waals surface area contributed by atoms with E-state index in [4.69, 9.17) is 5.26 Å². The van der Waals surface area contributed by atoms with E-state index in [9.17, 15) is 10.1 Å². The van der Waals surface area contributed by atoms with Gasteiger partial charge in [-0.1, -0.05) is 0 Å². The van der Waals surface area contributed by atoms with Crippen molar-refractivity contribution in [1.29, 1.82) is 5.26 Å². The van der Waals surface area contributed by atoms with E-state index in [0.29, 0.717) is 13.1 Å². The van der Waals surface area contributed by atoms with Gasteiger partial charge in [0, 0.05) is 37.2 Å². The second-order valence-electron chi connectivity index (χ2n) is 4.44. The molecule has 0 aliphatic carbocycles. The standard InChI is InChI=1S/C15H14N4O2/c1-2-18(11-12-5-7-17-8-6-12)14-4-3-13(10-16)15(9-14)19(20)21/h3-9H,2,11H2,1H3. The summed E-state index contributed by atoms with van der Waals surface area (Å²) in [4.78, 5) is 16.5. The molecule has 1 aromatic heterocycles. The van der Waals surface area contributed by atoms with Crippen LogP contribution in [0, 0.1) is 21.4 Å². The zero-order chi connectivity index (χ0) is 15.2. The SMILES string of the molecule is CCN(Cc1ccncc1)c1ccc(C#N)c([N+](=O)[O-])c1. The molecule has 6 nitrogen and oxygen atoms in total. The van der Waals surface area contributed by atoms with Gasteiger partial charge in [-0.15, -0.1) is 0 Å². The van der Waals surface area contributed by atoms with Crippen LogP contribution in [0.25, 0.3) is 0 Å². The molecule has 2 rings (SSSR count). The van der Waals surface area contributed by atoms with Crippen LogP contribution in [0.15, 0.2) is 42.7 Å². The molecule has 0 radical (unpaired) electrons. The van der Waals surface area contributed by atoms with Crippen molar-refractivity contribution in [3.63, 3.8) is 0 Å². The van der Waals surface area contributed by atoms with Crippen molar-refractivity contribution in [1.82, 2.24) is 4.98 Å². The van der Waals surface area contributed by atoms with Gasteiger partial charge in [-0.05, 0) is 36.8 Å². The topological polar surface area (TPSA) is 83.1 Å². The van der Waals surface area contributed by atoms with Crippen LogP contribution < -0.4 is 4.90 Å². The van der Waals surface area contributed by atoms with Crippen molar-refractivity contribution < 1.29 is 4.92 Å². The van der Waals surface area contributed by atoms with Crippen LogP contribution >= 0.6 is 0 Å². The number of aromatic nitrogens is 1. The summed E-state index contributed by atoms with van der Waals surface area (Å²) >= 11 is 0. The Morgan fingerprint density at radius 1 is 1.33 bits per heavy atom. The third-order valence-corrected chi connectivity index (χ3v) is 3.17. The Bertz CT molecular complexity index is 680. The quantitative estimate of drug-likeness (QED) is 0.622. The lowest BCUT2D eigenvalue weighted by Gasteiger charge is -2.23. The maximum absolute atomic E-state index is 11.0. The smallest absolute Gasteiger partial charge is 0.289 e. The van der Waals surface area contributed by atoms with Gasteiger partial charge in [0.05, 0.1) is 4.92 Å². The number of rotatable bonds is 5. The number of nitro benzene ring substituents is 1. The monoisotopic (exact) mass is 282 g/mol. The highest BCUT2D eigenvalue weighted by atomic mass is 16.6. The number of anilines is 1. The van der Waals surface area contributed by atoms with E-state index in [-0.39, 0.29) is 11.3 Å². The lowest BCUT2D eigenvalue weighted by atomic mass is 10.1. The van der Waals surface area contributed by atoms with E-state index >= 15 is 0 Å². The fourth-order valence-corrected chi connectivity index (χ4v) is 2.06. The molecule has 6 heteroatoms. The molecule has 0 N–H and O–H groups in total. The highest BCUT2D eigenvalue weighted by Crippen LogP contribution is 2.26. The lowest BCUT2D eigenvalue weighted by Crippen LogP contribution is -2.22. The Balaban J connectivity index is 2.33. The van der Waals surface area contributed by atoms with Gasteiger partial charge < -0.3 is 4.90 Å². The summed E-state index contributed by atoms with van der Waals surface area (Å²) in [6, 6.07) is 10.3. The lowest BCUT2D eigenvalue weighted by molar-refractivity contribution is -0.385. The first-order valence-electron chi connectivity index (χ1n) is 6.48. The highest BCUT2D eigenvalue weighted by molar-refractivity contribution is 5.60. The fraction of sp³-hybridized carbons (Fsp3) is 0.200. The number of hydrogen-bond donors (Lipinski definition) is 0. The number of nitriles is 1. The van der Waals surface area contributed by atoms with E-state index in [1.165, 1.54) is 12.1 Å². The molecular formula is C15H14N4O2. The third kappa shape index (κ3) is 3.34. The van der Waals surface area contributed by atoms with Gasteiger partial charge in [-0.25, -0.2) is 0 Å². The maximum Gasteiger partial charge on any atom is 0.289 e. The van der Waals surface area contributed by atoms with Crippen LogP contribution in [-0.4, -0.2) is 16.5 Å². The van der Waals surface area contributed by atoms with Crippen molar-refractivity contribution in [3.8, 4) is 6.07 Å². The van der Waals surface area contributed by atoms with Crippen LogP contribution in [0.2, 0.25) is 0 Å². The maximum atomic E-state index is 11.0. The van der Waals surface area contributed by atoms with Crippen molar-refractivity contribution in [2.75, 3.05) is 11.4 Å². The molecule has 0 atom stereocenters. The molecule has 1 heterocycles. The molecule has 0 unspecified atom stereocenters. The Hall–Kier alpha value is -2.94. The molecular weight excluding hydrogens is 268 g/mol. The van der Waals surface area contributed by atoms with Gasteiger partial charge in [0.15, 0.2) is 0 Å². The Morgan fingerprint density at radius 3 is 2.62 bits per heavy atom. The third-order valence-electron chi connectivity index (χ3n) is 3.17. The van der Waals surface area contributed by atoms with Crippen molar-refractivity contribution in [2.45, 2.75) is 13.5 Å². The van der Waals surface area contributed by atoms with Gasteiger partial charge in [-0.2, -0.15) is 5.26 Å². The number of hydrogen-bond acceptors (Lipinski definition) is 5. The van der Waals surface area contributed by atoms with E-state index in [1.807, 2.05) is 30.0 Å². The number of pyridine rings is 1.